The SMILES string of the molecule is CC(=O)Nc1cc(-c2[nH]c3cccnc3c2-c2ccc(C)cn2)ccn1. The summed E-state index contributed by atoms with van der Waals surface area (Å²) >= 11 is 0. The number of aromatic nitrogens is 4. The lowest BCUT2D eigenvalue weighted by atomic mass is 10.0. The Morgan fingerprint density at radius 2 is 1.96 bits per heavy atom. The Morgan fingerprint density at radius 1 is 1.08 bits per heavy atom. The van der Waals surface area contributed by atoms with Gasteiger partial charge < -0.3 is 10.3 Å². The molecule has 0 bridgehead atoms. The molecule has 6 nitrogen and oxygen atoms in total. The van der Waals surface area contributed by atoms with Gasteiger partial charge in [-0.25, -0.2) is 4.98 Å². The summed E-state index contributed by atoms with van der Waals surface area (Å²) in [5.74, 6) is 0.345. The summed E-state index contributed by atoms with van der Waals surface area (Å²) in [6.45, 7) is 3.47. The number of aromatic amines is 1. The zero-order chi connectivity index (χ0) is 18.1. The van der Waals surface area contributed by atoms with Crippen molar-refractivity contribution in [3.63, 3.8) is 0 Å². The zero-order valence-corrected chi connectivity index (χ0v) is 14.4. The number of hydrogen-bond donors (Lipinski definition) is 2. The predicted molar refractivity (Wildman–Crippen MR) is 102 cm³/mol. The third kappa shape index (κ3) is 2.93. The van der Waals surface area contributed by atoms with Crippen molar-refractivity contribution in [1.29, 1.82) is 0 Å². The van der Waals surface area contributed by atoms with E-state index in [0.29, 0.717) is 5.82 Å². The van der Waals surface area contributed by atoms with Gasteiger partial charge in [-0.3, -0.25) is 14.8 Å². The van der Waals surface area contributed by atoms with Gasteiger partial charge >= 0.3 is 0 Å². The van der Waals surface area contributed by atoms with Crippen LogP contribution in [0, 0.1) is 6.92 Å². The normalized spacial score (nSPS) is 10.8. The van der Waals surface area contributed by atoms with Crippen LogP contribution in [0.3, 0.4) is 0 Å². The van der Waals surface area contributed by atoms with Crippen LogP contribution in [0.5, 0.6) is 0 Å². The number of H-pyrrole nitrogens is 1. The minimum absolute atomic E-state index is 0.159. The van der Waals surface area contributed by atoms with Crippen molar-refractivity contribution in [1.82, 2.24) is 19.9 Å². The molecule has 4 heterocycles. The Bertz CT molecular complexity index is 1100. The van der Waals surface area contributed by atoms with Crippen molar-refractivity contribution in [3.05, 3.63) is 60.6 Å². The molecule has 0 aliphatic carbocycles. The van der Waals surface area contributed by atoms with Crippen LogP contribution in [-0.4, -0.2) is 25.8 Å². The highest BCUT2D eigenvalue weighted by molar-refractivity contribution is 6.01. The summed E-state index contributed by atoms with van der Waals surface area (Å²) in [7, 11) is 0. The maximum Gasteiger partial charge on any atom is 0.222 e. The molecule has 4 rings (SSSR count). The van der Waals surface area contributed by atoms with Crippen LogP contribution >= 0.6 is 0 Å². The molecule has 2 N–H and O–H groups in total. The van der Waals surface area contributed by atoms with Crippen LogP contribution in [0.1, 0.15) is 12.5 Å². The van der Waals surface area contributed by atoms with Gasteiger partial charge in [0.1, 0.15) is 5.82 Å². The molecule has 0 atom stereocenters. The molecule has 0 aromatic carbocycles. The van der Waals surface area contributed by atoms with E-state index in [1.807, 2.05) is 49.5 Å². The van der Waals surface area contributed by atoms with E-state index in [9.17, 15) is 4.79 Å². The average Bonchev–Trinajstić information content (AvgIpc) is 3.02. The van der Waals surface area contributed by atoms with Crippen molar-refractivity contribution in [2.45, 2.75) is 13.8 Å². The van der Waals surface area contributed by atoms with Crippen LogP contribution < -0.4 is 5.32 Å². The maximum absolute atomic E-state index is 11.3. The summed E-state index contributed by atoms with van der Waals surface area (Å²) in [5, 5.41) is 2.72. The largest absolute Gasteiger partial charge is 0.353 e. The van der Waals surface area contributed by atoms with Gasteiger partial charge in [0.15, 0.2) is 0 Å². The number of fused-ring (bicyclic) bond motifs is 1. The Balaban J connectivity index is 1.94. The lowest BCUT2D eigenvalue weighted by molar-refractivity contribution is -0.114. The number of amides is 1. The average molecular weight is 343 g/mol. The Labute approximate surface area is 150 Å². The summed E-state index contributed by atoms with van der Waals surface area (Å²) in [5.41, 5.74) is 6.45. The van der Waals surface area contributed by atoms with Crippen LogP contribution in [0.15, 0.2) is 55.0 Å². The summed E-state index contributed by atoms with van der Waals surface area (Å²) in [6.07, 6.45) is 5.29. The second-order valence-corrected chi connectivity index (χ2v) is 6.11. The minimum atomic E-state index is -0.159. The number of hydrogen-bond acceptors (Lipinski definition) is 4. The number of carbonyl (C=O) groups is 1. The van der Waals surface area contributed by atoms with Gasteiger partial charge in [0.05, 0.1) is 28.0 Å². The number of nitrogens with one attached hydrogen (secondary N) is 2. The fourth-order valence-corrected chi connectivity index (χ4v) is 2.94. The number of aryl methyl sites for hydroxylation is 1. The molecule has 4 aromatic rings. The van der Waals surface area contributed by atoms with Gasteiger partial charge in [0, 0.05) is 31.1 Å². The van der Waals surface area contributed by atoms with E-state index < -0.39 is 0 Å². The monoisotopic (exact) mass is 343 g/mol. The minimum Gasteiger partial charge on any atom is -0.353 e. The second kappa shape index (κ2) is 6.40. The smallest absolute Gasteiger partial charge is 0.222 e. The molecule has 0 aliphatic heterocycles. The number of anilines is 1. The van der Waals surface area contributed by atoms with Crippen molar-refractivity contribution >= 4 is 22.8 Å². The first-order valence-electron chi connectivity index (χ1n) is 8.25. The van der Waals surface area contributed by atoms with E-state index in [-0.39, 0.29) is 5.91 Å². The molecule has 0 saturated heterocycles. The van der Waals surface area contributed by atoms with Gasteiger partial charge in [-0.05, 0) is 42.8 Å². The van der Waals surface area contributed by atoms with E-state index in [4.69, 9.17) is 0 Å². The van der Waals surface area contributed by atoms with Crippen molar-refractivity contribution in [2.24, 2.45) is 0 Å². The molecule has 0 unspecified atom stereocenters. The number of nitrogens with zero attached hydrogens (tertiary/aromatic N) is 3. The number of pyridine rings is 3. The van der Waals surface area contributed by atoms with Gasteiger partial charge in [-0.1, -0.05) is 6.07 Å². The third-order valence-electron chi connectivity index (χ3n) is 4.07. The third-order valence-corrected chi connectivity index (χ3v) is 4.07. The molecule has 0 aliphatic rings. The molecule has 0 fully saturated rings. The van der Waals surface area contributed by atoms with Crippen LogP contribution in [0.2, 0.25) is 0 Å². The molecule has 0 radical (unpaired) electrons. The van der Waals surface area contributed by atoms with Crippen LogP contribution in [0.25, 0.3) is 33.5 Å². The second-order valence-electron chi connectivity index (χ2n) is 6.11. The van der Waals surface area contributed by atoms with E-state index >= 15 is 0 Å². The lowest BCUT2D eigenvalue weighted by Crippen LogP contribution is -2.07. The van der Waals surface area contributed by atoms with E-state index in [2.05, 4.69) is 25.3 Å². The maximum atomic E-state index is 11.3. The summed E-state index contributed by atoms with van der Waals surface area (Å²) in [4.78, 5) is 28.1. The topological polar surface area (TPSA) is 83.6 Å². The first kappa shape index (κ1) is 16.0. The Hall–Kier alpha value is -3.54. The highest BCUT2D eigenvalue weighted by Gasteiger charge is 2.17. The van der Waals surface area contributed by atoms with Crippen LogP contribution in [0.4, 0.5) is 5.82 Å². The molecule has 1 amide bonds. The fraction of sp³-hybridized carbons (Fsp3) is 0.100. The predicted octanol–water partition coefficient (Wildman–Crippen LogP) is 3.95. The standard InChI is InChI=1S/C20H17N5O/c1-12-5-6-15(23-11-12)18-19(25-16-4-3-8-22-20(16)18)14-7-9-21-17(10-14)24-13(2)26/h3-11,25H,1-2H3,(H,21,24,26). The van der Waals surface area contributed by atoms with Crippen molar-refractivity contribution < 1.29 is 4.79 Å². The highest BCUT2D eigenvalue weighted by Crippen LogP contribution is 2.36. The molecule has 6 heteroatoms. The Kier molecular flexibility index (Phi) is 3.93. The fourth-order valence-electron chi connectivity index (χ4n) is 2.94. The first-order chi connectivity index (χ1) is 12.6. The zero-order valence-electron chi connectivity index (χ0n) is 14.4. The summed E-state index contributed by atoms with van der Waals surface area (Å²) in [6, 6.07) is 11.6. The molecule has 4 aromatic heterocycles. The Morgan fingerprint density at radius 3 is 2.73 bits per heavy atom. The van der Waals surface area contributed by atoms with Crippen molar-refractivity contribution in [2.75, 3.05) is 5.32 Å². The van der Waals surface area contributed by atoms with E-state index in [1.165, 1.54) is 6.92 Å². The number of rotatable bonds is 3. The van der Waals surface area contributed by atoms with Gasteiger partial charge in [0.25, 0.3) is 0 Å². The molecule has 128 valence electrons. The highest BCUT2D eigenvalue weighted by atomic mass is 16.1. The lowest BCUT2D eigenvalue weighted by Gasteiger charge is -2.07. The molecular formula is C20H17N5O. The summed E-state index contributed by atoms with van der Waals surface area (Å²) < 4.78 is 0. The van der Waals surface area contributed by atoms with E-state index in [1.54, 1.807) is 12.4 Å². The quantitative estimate of drug-likeness (QED) is 0.590. The van der Waals surface area contributed by atoms with E-state index in [0.717, 1.165) is 39.1 Å². The van der Waals surface area contributed by atoms with Gasteiger partial charge in [0.2, 0.25) is 5.91 Å². The molecule has 0 saturated carbocycles. The first-order valence-corrected chi connectivity index (χ1v) is 8.25. The number of carbonyl (C=O) groups excluding carboxylic acids is 1. The van der Waals surface area contributed by atoms with Gasteiger partial charge in [-0.15, -0.1) is 0 Å². The van der Waals surface area contributed by atoms with Gasteiger partial charge in [-0.2, -0.15) is 0 Å². The molecule has 26 heavy (non-hydrogen) atoms. The van der Waals surface area contributed by atoms with Crippen LogP contribution in [-0.2, 0) is 4.79 Å². The molecular weight excluding hydrogens is 326 g/mol. The van der Waals surface area contributed by atoms with Crippen molar-refractivity contribution in [3.8, 4) is 22.5 Å². The molecule has 0 spiro atoms.